The van der Waals surface area contributed by atoms with Gasteiger partial charge in [0.15, 0.2) is 0 Å². The van der Waals surface area contributed by atoms with Gasteiger partial charge in [-0.3, -0.25) is 13.7 Å². The molecule has 0 fully saturated rings. The van der Waals surface area contributed by atoms with Gasteiger partial charge in [-0.2, -0.15) is 0 Å². The lowest BCUT2D eigenvalue weighted by atomic mass is 10.0. The smallest absolute Gasteiger partial charge is 0.268 e. The first kappa shape index (κ1) is 32.4. The summed E-state index contributed by atoms with van der Waals surface area (Å²) in [5.41, 5.74) is 9.93. The Balaban J connectivity index is 1.15. The van der Waals surface area contributed by atoms with Gasteiger partial charge in [0.1, 0.15) is 17.3 Å². The molecule has 7 heteroatoms. The zero-order chi connectivity index (χ0) is 38.3. The van der Waals surface area contributed by atoms with Gasteiger partial charge in [0.2, 0.25) is 0 Å². The predicted octanol–water partition coefficient (Wildman–Crippen LogP) is 11.6. The van der Waals surface area contributed by atoms with Crippen LogP contribution in [0.5, 0.6) is 11.5 Å². The van der Waals surface area contributed by atoms with Crippen LogP contribution in [0.2, 0.25) is 0 Å². The molecule has 0 bridgehead atoms. The van der Waals surface area contributed by atoms with E-state index in [0.29, 0.717) is 0 Å². The highest BCUT2D eigenvalue weighted by molar-refractivity contribution is 6.40. The Morgan fingerprint density at radius 1 is 0.517 bits per heavy atom. The van der Waals surface area contributed by atoms with Crippen molar-refractivity contribution >= 4 is 65.4 Å². The molecule has 0 radical (unpaired) electrons. The second kappa shape index (κ2) is 12.6. The minimum absolute atomic E-state index is 0.730. The van der Waals surface area contributed by atoms with Crippen LogP contribution in [0.1, 0.15) is 0 Å². The van der Waals surface area contributed by atoms with Crippen LogP contribution in [-0.2, 0) is 7.05 Å². The Kier molecular flexibility index (Phi) is 7.01. The Morgan fingerprint density at radius 3 is 1.93 bits per heavy atom. The summed E-state index contributed by atoms with van der Waals surface area (Å²) in [5, 5.41) is 7.13. The van der Waals surface area contributed by atoms with Gasteiger partial charge in [-0.05, 0) is 78.9 Å². The van der Waals surface area contributed by atoms with Gasteiger partial charge in [-0.25, -0.2) is 4.98 Å². The molecule has 5 aromatic heterocycles. The van der Waals surface area contributed by atoms with E-state index in [1.165, 1.54) is 38.0 Å². The fraction of sp³-hybridized carbons (Fsp3) is 0.0196. The fourth-order valence-electron chi connectivity index (χ4n) is 9.04. The van der Waals surface area contributed by atoms with E-state index < -0.39 is 0 Å². The fourth-order valence-corrected chi connectivity index (χ4v) is 9.04. The molecule has 0 saturated carbocycles. The summed E-state index contributed by atoms with van der Waals surface area (Å²) in [7, 11) is 2.20. The largest absolute Gasteiger partial charge is 0.458 e. The van der Waals surface area contributed by atoms with Crippen LogP contribution in [0.25, 0.3) is 88.3 Å². The Morgan fingerprint density at radius 2 is 1.16 bits per heavy atom. The SMILES string of the molecule is Cn1c2ccccc2c2c1c1c3ccccc3n(-c3ccccc3)c1c1c3ccc(Oc4cccc(-[n+]5[c-]n(-c6ccccc6)cc5)c4)cc3n(-c3ccccn3)c21. The monoisotopic (exact) mass is 746 g/mol. The van der Waals surface area contributed by atoms with Gasteiger partial charge in [-0.15, -0.1) is 0 Å². The Labute approximate surface area is 333 Å². The van der Waals surface area contributed by atoms with Gasteiger partial charge < -0.3 is 13.9 Å². The van der Waals surface area contributed by atoms with Crippen LogP contribution in [0.15, 0.2) is 188 Å². The lowest BCUT2D eigenvalue weighted by molar-refractivity contribution is -0.599. The summed E-state index contributed by atoms with van der Waals surface area (Å²) in [6.07, 6.45) is 9.32. The van der Waals surface area contributed by atoms with E-state index in [-0.39, 0.29) is 0 Å². The van der Waals surface area contributed by atoms with E-state index in [1.807, 2.05) is 70.2 Å². The number of ether oxygens (including phenoxy) is 1. The summed E-state index contributed by atoms with van der Waals surface area (Å²) in [6.45, 7) is 0. The number of benzene rings is 7. The molecule has 0 saturated heterocycles. The average molecular weight is 747 g/mol. The summed E-state index contributed by atoms with van der Waals surface area (Å²) in [5.74, 6) is 2.30. The first-order valence-corrected chi connectivity index (χ1v) is 19.4. The maximum Gasteiger partial charge on any atom is 0.268 e. The molecule has 5 heterocycles. The molecule has 0 N–H and O–H groups in total. The molecule has 0 aliphatic carbocycles. The number of hydrogen-bond acceptors (Lipinski definition) is 2. The number of imidazole rings is 1. The third-order valence-electron chi connectivity index (χ3n) is 11.5. The van der Waals surface area contributed by atoms with Crippen LogP contribution in [0, 0.1) is 6.33 Å². The summed E-state index contributed by atoms with van der Waals surface area (Å²) in [4.78, 5) is 5.00. The summed E-state index contributed by atoms with van der Waals surface area (Å²) in [6, 6.07) is 59.2. The van der Waals surface area contributed by atoms with Crippen molar-refractivity contribution < 1.29 is 9.30 Å². The number of fused-ring (bicyclic) bond motifs is 12. The Hall–Kier alpha value is -7.90. The number of aryl methyl sites for hydroxylation is 1. The normalized spacial score (nSPS) is 11.9. The zero-order valence-corrected chi connectivity index (χ0v) is 31.5. The molecular weight excluding hydrogens is 713 g/mol. The number of nitrogens with zero attached hydrogens (tertiary/aromatic N) is 6. The van der Waals surface area contributed by atoms with E-state index >= 15 is 0 Å². The van der Waals surface area contributed by atoms with E-state index in [4.69, 9.17) is 9.72 Å². The second-order valence-electron chi connectivity index (χ2n) is 14.7. The van der Waals surface area contributed by atoms with Gasteiger partial charge in [0.05, 0.1) is 39.0 Å². The van der Waals surface area contributed by atoms with Crippen molar-refractivity contribution in [3.05, 3.63) is 195 Å². The third-order valence-corrected chi connectivity index (χ3v) is 11.5. The quantitative estimate of drug-likeness (QED) is 0.126. The highest BCUT2D eigenvalue weighted by Crippen LogP contribution is 2.49. The van der Waals surface area contributed by atoms with Gasteiger partial charge in [0, 0.05) is 75.2 Å². The third kappa shape index (κ3) is 4.74. The van der Waals surface area contributed by atoms with E-state index in [2.05, 4.69) is 154 Å². The Bertz CT molecular complexity index is 3540. The minimum Gasteiger partial charge on any atom is -0.458 e. The summed E-state index contributed by atoms with van der Waals surface area (Å²) >= 11 is 0. The lowest BCUT2D eigenvalue weighted by Crippen LogP contribution is -2.28. The van der Waals surface area contributed by atoms with Crippen LogP contribution >= 0.6 is 0 Å². The molecule has 0 unspecified atom stereocenters. The topological polar surface area (TPSA) is 45.7 Å². The van der Waals surface area contributed by atoms with E-state index in [1.54, 1.807) is 0 Å². The first-order chi connectivity index (χ1) is 28.7. The average Bonchev–Trinajstić information content (AvgIpc) is 4.05. The lowest BCUT2D eigenvalue weighted by Gasteiger charge is -2.12. The van der Waals surface area contributed by atoms with Crippen LogP contribution < -0.4 is 9.30 Å². The number of para-hydroxylation sites is 4. The maximum absolute atomic E-state index is 6.74. The van der Waals surface area contributed by atoms with Crippen molar-refractivity contribution in [3.63, 3.8) is 0 Å². The van der Waals surface area contributed by atoms with Crippen LogP contribution in [0.3, 0.4) is 0 Å². The van der Waals surface area contributed by atoms with Crippen molar-refractivity contribution in [1.29, 1.82) is 0 Å². The molecule has 12 aromatic rings. The van der Waals surface area contributed by atoms with Crippen LogP contribution in [0.4, 0.5) is 0 Å². The maximum atomic E-state index is 6.74. The zero-order valence-electron chi connectivity index (χ0n) is 31.5. The van der Waals surface area contributed by atoms with Crippen molar-refractivity contribution in [3.8, 4) is 34.4 Å². The van der Waals surface area contributed by atoms with Crippen molar-refractivity contribution in [2.24, 2.45) is 7.05 Å². The van der Waals surface area contributed by atoms with Crippen molar-refractivity contribution in [2.75, 3.05) is 0 Å². The molecule has 274 valence electrons. The number of hydrogen-bond donors (Lipinski definition) is 0. The van der Waals surface area contributed by atoms with Crippen molar-refractivity contribution in [1.82, 2.24) is 23.3 Å². The van der Waals surface area contributed by atoms with Crippen molar-refractivity contribution in [2.45, 2.75) is 0 Å². The molecule has 0 aliphatic rings. The summed E-state index contributed by atoms with van der Waals surface area (Å²) < 4.78 is 17.9. The first-order valence-electron chi connectivity index (χ1n) is 19.4. The molecule has 7 aromatic carbocycles. The molecule has 0 spiro atoms. The molecule has 0 atom stereocenters. The molecule has 58 heavy (non-hydrogen) atoms. The van der Waals surface area contributed by atoms with E-state index in [0.717, 1.165) is 61.8 Å². The highest BCUT2D eigenvalue weighted by Gasteiger charge is 2.28. The van der Waals surface area contributed by atoms with Crippen LogP contribution in [-0.4, -0.2) is 23.3 Å². The molecule has 0 amide bonds. The highest BCUT2D eigenvalue weighted by atomic mass is 16.5. The number of aromatic nitrogens is 6. The van der Waals surface area contributed by atoms with Gasteiger partial charge >= 0.3 is 0 Å². The predicted molar refractivity (Wildman–Crippen MR) is 233 cm³/mol. The van der Waals surface area contributed by atoms with E-state index in [9.17, 15) is 0 Å². The molecular formula is C51H34N6O. The minimum atomic E-state index is 0.730. The number of rotatable bonds is 6. The number of pyridine rings is 1. The molecule has 0 aliphatic heterocycles. The van der Waals surface area contributed by atoms with Gasteiger partial charge in [-0.1, -0.05) is 84.9 Å². The molecule has 12 rings (SSSR count). The molecule has 7 nitrogen and oxygen atoms in total. The second-order valence-corrected chi connectivity index (χ2v) is 14.7. The standard InChI is InChI=1S/C51H34N6O/c1-53-42-23-10-8-21-39(42)46-49(53)47-40-22-9-11-24-43(40)56(35-17-6-3-7-18-35)50(47)48-41-27-26-38(32-44(41)57(51(46)48)45-25-12-13-28-52-45)58-37-20-14-19-36(31-37)55-30-29-54(33-55)34-15-4-2-5-16-34/h2-32H,1H3. The van der Waals surface area contributed by atoms with Gasteiger partial charge in [0.25, 0.3) is 6.33 Å².